The van der Waals surface area contributed by atoms with Crippen LogP contribution >= 0.6 is 0 Å². The second-order valence-electron chi connectivity index (χ2n) is 1.93. The zero-order chi connectivity index (χ0) is 7.11. The Labute approximate surface area is 55.4 Å². The molecule has 1 atom stereocenters. The van der Waals surface area contributed by atoms with E-state index < -0.39 is 6.17 Å². The summed E-state index contributed by atoms with van der Waals surface area (Å²) in [5, 5.41) is 0. The van der Waals surface area contributed by atoms with E-state index in [0.717, 1.165) is 6.42 Å². The van der Waals surface area contributed by atoms with E-state index in [2.05, 4.69) is 5.92 Å². The van der Waals surface area contributed by atoms with Gasteiger partial charge in [0, 0.05) is 13.0 Å². The molecule has 0 saturated heterocycles. The molecule has 0 aromatic carbocycles. The number of hydrogen-bond donors (Lipinski definition) is 1. The summed E-state index contributed by atoms with van der Waals surface area (Å²) in [5.74, 6) is 2.44. The van der Waals surface area contributed by atoms with Crippen molar-refractivity contribution >= 4 is 0 Å². The number of nitrogens with two attached hydrogens (primary N) is 1. The molecule has 0 heterocycles. The van der Waals surface area contributed by atoms with Gasteiger partial charge in [0.25, 0.3) is 0 Å². The van der Waals surface area contributed by atoms with Gasteiger partial charge in [-0.05, 0) is 12.8 Å². The smallest absolute Gasteiger partial charge is 0.112 e. The second kappa shape index (κ2) is 5.58. The Morgan fingerprint density at radius 1 is 1.67 bits per heavy atom. The van der Waals surface area contributed by atoms with Crippen LogP contribution in [0.4, 0.5) is 4.39 Å². The molecule has 0 aromatic rings. The van der Waals surface area contributed by atoms with Crippen molar-refractivity contribution in [3.63, 3.8) is 0 Å². The quantitative estimate of drug-likeness (QED) is 0.446. The normalized spacial score (nSPS) is 12.6. The van der Waals surface area contributed by atoms with Gasteiger partial charge in [0.15, 0.2) is 0 Å². The highest BCUT2D eigenvalue weighted by molar-refractivity contribution is 4.83. The third-order valence-corrected chi connectivity index (χ3v) is 1.09. The van der Waals surface area contributed by atoms with Crippen molar-refractivity contribution in [1.29, 1.82) is 0 Å². The summed E-state index contributed by atoms with van der Waals surface area (Å²) in [6.07, 6.45) is 5.99. The van der Waals surface area contributed by atoms with E-state index in [9.17, 15) is 4.39 Å². The molecule has 0 spiro atoms. The standard InChI is InChI=1S/C7H12FN/c1-2-3-4-5-7(8)6-9/h1,7H,3-6,9H2. The van der Waals surface area contributed by atoms with Crippen LogP contribution in [0.5, 0.6) is 0 Å². The van der Waals surface area contributed by atoms with Crippen LogP contribution in [0.25, 0.3) is 0 Å². The monoisotopic (exact) mass is 129 g/mol. The first-order valence-corrected chi connectivity index (χ1v) is 3.09. The summed E-state index contributed by atoms with van der Waals surface area (Å²) >= 11 is 0. The third kappa shape index (κ3) is 5.32. The van der Waals surface area contributed by atoms with Gasteiger partial charge in [-0.1, -0.05) is 0 Å². The van der Waals surface area contributed by atoms with Gasteiger partial charge in [0.2, 0.25) is 0 Å². The highest BCUT2D eigenvalue weighted by atomic mass is 19.1. The highest BCUT2D eigenvalue weighted by Gasteiger charge is 2.00. The number of rotatable bonds is 4. The number of hydrogen-bond acceptors (Lipinski definition) is 1. The number of alkyl halides is 1. The van der Waals surface area contributed by atoms with Crippen LogP contribution in [0.2, 0.25) is 0 Å². The Hall–Kier alpha value is -0.550. The summed E-state index contributed by atoms with van der Waals surface area (Å²) in [5.41, 5.74) is 5.03. The molecule has 0 rings (SSSR count). The molecule has 52 valence electrons. The predicted molar refractivity (Wildman–Crippen MR) is 36.6 cm³/mol. The van der Waals surface area contributed by atoms with Gasteiger partial charge in [-0.3, -0.25) is 0 Å². The van der Waals surface area contributed by atoms with Crippen LogP contribution in [-0.2, 0) is 0 Å². The Bertz CT molecular complexity index is 95.6. The molecular weight excluding hydrogens is 117 g/mol. The van der Waals surface area contributed by atoms with E-state index >= 15 is 0 Å². The molecule has 2 heteroatoms. The molecule has 0 fully saturated rings. The minimum atomic E-state index is -0.863. The average molecular weight is 129 g/mol. The fourth-order valence-corrected chi connectivity index (χ4v) is 0.543. The fourth-order valence-electron chi connectivity index (χ4n) is 0.543. The fraction of sp³-hybridized carbons (Fsp3) is 0.714. The van der Waals surface area contributed by atoms with Gasteiger partial charge >= 0.3 is 0 Å². The first-order valence-electron chi connectivity index (χ1n) is 3.09. The van der Waals surface area contributed by atoms with Crippen molar-refractivity contribution in [2.24, 2.45) is 5.73 Å². The third-order valence-electron chi connectivity index (χ3n) is 1.09. The lowest BCUT2D eigenvalue weighted by Gasteiger charge is -2.00. The van der Waals surface area contributed by atoms with Crippen molar-refractivity contribution in [2.45, 2.75) is 25.4 Å². The van der Waals surface area contributed by atoms with Crippen molar-refractivity contribution < 1.29 is 4.39 Å². The molecule has 0 bridgehead atoms. The molecular formula is C7H12FN. The maximum atomic E-state index is 12.3. The molecule has 9 heavy (non-hydrogen) atoms. The molecule has 2 N–H and O–H groups in total. The van der Waals surface area contributed by atoms with Crippen LogP contribution in [0.15, 0.2) is 0 Å². The largest absolute Gasteiger partial charge is 0.328 e. The number of halogens is 1. The van der Waals surface area contributed by atoms with E-state index in [1.807, 2.05) is 0 Å². The van der Waals surface area contributed by atoms with E-state index in [1.54, 1.807) is 0 Å². The van der Waals surface area contributed by atoms with Crippen LogP contribution in [0, 0.1) is 12.3 Å². The first-order chi connectivity index (χ1) is 4.31. The van der Waals surface area contributed by atoms with Crippen LogP contribution in [0.1, 0.15) is 19.3 Å². The molecule has 0 amide bonds. The number of unbranched alkanes of at least 4 members (excludes halogenated alkanes) is 1. The summed E-state index contributed by atoms with van der Waals surface area (Å²) in [6.45, 7) is 0.116. The van der Waals surface area contributed by atoms with E-state index in [-0.39, 0.29) is 6.54 Å². The maximum Gasteiger partial charge on any atom is 0.112 e. The Kier molecular flexibility index (Phi) is 5.24. The Morgan fingerprint density at radius 2 is 2.33 bits per heavy atom. The van der Waals surface area contributed by atoms with Crippen LogP contribution < -0.4 is 5.73 Å². The lowest BCUT2D eigenvalue weighted by molar-refractivity contribution is 0.317. The minimum absolute atomic E-state index is 0.116. The van der Waals surface area contributed by atoms with E-state index in [1.165, 1.54) is 0 Å². The average Bonchev–Trinajstić information content (AvgIpc) is 1.89. The van der Waals surface area contributed by atoms with E-state index in [0.29, 0.717) is 12.8 Å². The van der Waals surface area contributed by atoms with Gasteiger partial charge in [-0.2, -0.15) is 0 Å². The van der Waals surface area contributed by atoms with Gasteiger partial charge in [0.1, 0.15) is 6.17 Å². The molecule has 0 aliphatic rings. The Morgan fingerprint density at radius 3 is 2.78 bits per heavy atom. The molecule has 0 aromatic heterocycles. The van der Waals surface area contributed by atoms with Gasteiger partial charge in [0.05, 0.1) is 0 Å². The maximum absolute atomic E-state index is 12.3. The van der Waals surface area contributed by atoms with Crippen molar-refractivity contribution in [2.75, 3.05) is 6.54 Å². The topological polar surface area (TPSA) is 26.0 Å². The second-order valence-corrected chi connectivity index (χ2v) is 1.93. The van der Waals surface area contributed by atoms with Crippen LogP contribution in [0.3, 0.4) is 0 Å². The number of terminal acetylenes is 1. The summed E-state index contributed by atoms with van der Waals surface area (Å²) in [4.78, 5) is 0. The molecule has 0 radical (unpaired) electrons. The molecule has 0 saturated carbocycles. The van der Waals surface area contributed by atoms with Gasteiger partial charge in [-0.25, -0.2) is 4.39 Å². The lowest BCUT2D eigenvalue weighted by atomic mass is 10.2. The summed E-state index contributed by atoms with van der Waals surface area (Å²) in [6, 6.07) is 0. The van der Waals surface area contributed by atoms with Gasteiger partial charge < -0.3 is 5.73 Å². The van der Waals surface area contributed by atoms with E-state index in [4.69, 9.17) is 12.2 Å². The molecule has 1 nitrogen and oxygen atoms in total. The minimum Gasteiger partial charge on any atom is -0.328 e. The zero-order valence-electron chi connectivity index (χ0n) is 5.44. The van der Waals surface area contributed by atoms with Crippen molar-refractivity contribution in [1.82, 2.24) is 0 Å². The Balaban J connectivity index is 2.99. The lowest BCUT2D eigenvalue weighted by Crippen LogP contribution is -2.14. The SMILES string of the molecule is C#CCCCC(F)CN. The van der Waals surface area contributed by atoms with Gasteiger partial charge in [-0.15, -0.1) is 12.3 Å². The summed E-state index contributed by atoms with van der Waals surface area (Å²) in [7, 11) is 0. The molecule has 1 unspecified atom stereocenters. The highest BCUT2D eigenvalue weighted by Crippen LogP contribution is 2.01. The molecule has 0 aliphatic heterocycles. The predicted octanol–water partition coefficient (Wildman–Crippen LogP) is 1.09. The van der Waals surface area contributed by atoms with Crippen LogP contribution in [-0.4, -0.2) is 12.7 Å². The summed E-state index contributed by atoms with van der Waals surface area (Å²) < 4.78 is 12.3. The van der Waals surface area contributed by atoms with Crippen molar-refractivity contribution in [3.05, 3.63) is 0 Å². The van der Waals surface area contributed by atoms with Crippen molar-refractivity contribution in [3.8, 4) is 12.3 Å². The molecule has 0 aliphatic carbocycles. The zero-order valence-corrected chi connectivity index (χ0v) is 5.44. The first kappa shape index (κ1) is 8.45.